The maximum absolute atomic E-state index is 12.9. The quantitative estimate of drug-likeness (QED) is 0.484. The second-order valence-corrected chi connectivity index (χ2v) is 7.87. The van der Waals surface area contributed by atoms with Crippen LogP contribution in [0.15, 0.2) is 91.0 Å². The second kappa shape index (κ2) is 11.7. The van der Waals surface area contributed by atoms with Crippen LogP contribution in [-0.2, 0) is 22.4 Å². The Balaban J connectivity index is 1.80. The zero-order valence-electron chi connectivity index (χ0n) is 18.5. The third kappa shape index (κ3) is 6.71. The van der Waals surface area contributed by atoms with E-state index in [1.165, 1.54) is 7.11 Å². The standard InChI is InChI=1S/C27H30N2O3/c1-20(23-16-10-5-11-17-23)28-27(31)29-25(19-22-14-8-4-9-15-22)24(26(30)32-2)18-21-12-6-3-7-13-21/h3-17,20,24-25H,18-19H2,1-2H3,(H2,28,29,31)/t20-,24+,25+/m0/s1. The number of carbonyl (C=O) groups excluding carboxylic acids is 2. The average molecular weight is 431 g/mol. The average Bonchev–Trinajstić information content (AvgIpc) is 2.83. The van der Waals surface area contributed by atoms with Gasteiger partial charge in [-0.05, 0) is 36.5 Å². The minimum Gasteiger partial charge on any atom is -0.469 e. The number of urea groups is 1. The fraction of sp³-hybridized carbons (Fsp3) is 0.259. The van der Waals surface area contributed by atoms with Crippen molar-refractivity contribution in [1.82, 2.24) is 10.6 Å². The van der Waals surface area contributed by atoms with E-state index in [4.69, 9.17) is 4.74 Å². The van der Waals surface area contributed by atoms with Crippen molar-refractivity contribution < 1.29 is 14.3 Å². The Morgan fingerprint density at radius 2 is 1.25 bits per heavy atom. The second-order valence-electron chi connectivity index (χ2n) is 7.87. The molecule has 32 heavy (non-hydrogen) atoms. The highest BCUT2D eigenvalue weighted by molar-refractivity contribution is 5.78. The van der Waals surface area contributed by atoms with E-state index in [2.05, 4.69) is 10.6 Å². The highest BCUT2D eigenvalue weighted by atomic mass is 16.5. The van der Waals surface area contributed by atoms with E-state index in [-0.39, 0.29) is 18.0 Å². The van der Waals surface area contributed by atoms with Crippen LogP contribution in [0.25, 0.3) is 0 Å². The van der Waals surface area contributed by atoms with E-state index >= 15 is 0 Å². The minimum absolute atomic E-state index is 0.167. The summed E-state index contributed by atoms with van der Waals surface area (Å²) in [6.07, 6.45) is 0.986. The number of nitrogens with one attached hydrogen (secondary N) is 2. The summed E-state index contributed by atoms with van der Waals surface area (Å²) in [7, 11) is 1.39. The predicted molar refractivity (Wildman–Crippen MR) is 126 cm³/mol. The molecule has 0 aromatic heterocycles. The Labute approximate surface area is 189 Å². The molecular formula is C27H30N2O3. The van der Waals surface area contributed by atoms with Crippen LogP contribution in [0, 0.1) is 5.92 Å². The largest absolute Gasteiger partial charge is 0.469 e. The molecule has 3 rings (SSSR count). The zero-order chi connectivity index (χ0) is 22.8. The molecule has 5 nitrogen and oxygen atoms in total. The SMILES string of the molecule is COC(=O)[C@H](Cc1ccccc1)[C@@H](Cc1ccccc1)NC(=O)N[C@@H](C)c1ccccc1. The lowest BCUT2D eigenvalue weighted by Crippen LogP contribution is -2.50. The number of carbonyl (C=O) groups is 2. The fourth-order valence-electron chi connectivity index (χ4n) is 3.80. The van der Waals surface area contributed by atoms with Crippen molar-refractivity contribution in [2.24, 2.45) is 5.92 Å². The van der Waals surface area contributed by atoms with Gasteiger partial charge in [0.15, 0.2) is 0 Å². The number of hydrogen-bond donors (Lipinski definition) is 2. The molecule has 0 aliphatic rings. The van der Waals surface area contributed by atoms with Gasteiger partial charge < -0.3 is 15.4 Å². The molecule has 0 spiro atoms. The van der Waals surface area contributed by atoms with Gasteiger partial charge in [-0.1, -0.05) is 91.0 Å². The predicted octanol–water partition coefficient (Wildman–Crippen LogP) is 4.69. The topological polar surface area (TPSA) is 67.4 Å². The highest BCUT2D eigenvalue weighted by Crippen LogP contribution is 2.19. The van der Waals surface area contributed by atoms with Gasteiger partial charge in [-0.2, -0.15) is 0 Å². The highest BCUT2D eigenvalue weighted by Gasteiger charge is 2.31. The number of benzene rings is 3. The third-order valence-electron chi connectivity index (χ3n) is 5.55. The van der Waals surface area contributed by atoms with Gasteiger partial charge in [0.05, 0.1) is 19.1 Å². The first-order valence-electron chi connectivity index (χ1n) is 10.8. The summed E-state index contributed by atoms with van der Waals surface area (Å²) in [6.45, 7) is 1.93. The Bertz CT molecular complexity index is 978. The molecule has 0 heterocycles. The molecule has 0 saturated heterocycles. The van der Waals surface area contributed by atoms with Crippen molar-refractivity contribution >= 4 is 12.0 Å². The number of ether oxygens (including phenoxy) is 1. The Kier molecular flexibility index (Phi) is 8.44. The fourth-order valence-corrected chi connectivity index (χ4v) is 3.80. The van der Waals surface area contributed by atoms with Crippen molar-refractivity contribution in [2.75, 3.05) is 7.11 Å². The third-order valence-corrected chi connectivity index (χ3v) is 5.55. The van der Waals surface area contributed by atoms with Crippen LogP contribution in [0.5, 0.6) is 0 Å². The number of rotatable bonds is 9. The van der Waals surface area contributed by atoms with E-state index < -0.39 is 12.0 Å². The van der Waals surface area contributed by atoms with Gasteiger partial charge in [0.25, 0.3) is 0 Å². The maximum atomic E-state index is 12.9. The molecule has 0 saturated carbocycles. The van der Waals surface area contributed by atoms with Gasteiger partial charge in [-0.25, -0.2) is 4.79 Å². The number of methoxy groups -OCH3 is 1. The smallest absolute Gasteiger partial charge is 0.315 e. The Hall–Kier alpha value is -3.60. The molecule has 2 amide bonds. The van der Waals surface area contributed by atoms with Crippen molar-refractivity contribution in [3.63, 3.8) is 0 Å². The lowest BCUT2D eigenvalue weighted by atomic mass is 9.88. The summed E-state index contributed by atoms with van der Waals surface area (Å²) < 4.78 is 5.12. The summed E-state index contributed by atoms with van der Waals surface area (Å²) in [5, 5.41) is 6.04. The Morgan fingerprint density at radius 3 is 1.78 bits per heavy atom. The van der Waals surface area contributed by atoms with Gasteiger partial charge in [-0.3, -0.25) is 4.79 Å². The lowest BCUT2D eigenvalue weighted by molar-refractivity contribution is -0.146. The van der Waals surface area contributed by atoms with Crippen LogP contribution in [0.3, 0.4) is 0 Å². The van der Waals surface area contributed by atoms with E-state index in [0.717, 1.165) is 16.7 Å². The lowest BCUT2D eigenvalue weighted by Gasteiger charge is -2.27. The number of hydrogen-bond acceptors (Lipinski definition) is 3. The van der Waals surface area contributed by atoms with Crippen LogP contribution in [0.2, 0.25) is 0 Å². The number of esters is 1. The monoisotopic (exact) mass is 430 g/mol. The summed E-state index contributed by atoms with van der Waals surface area (Å²) in [4.78, 5) is 25.7. The van der Waals surface area contributed by atoms with Gasteiger partial charge in [-0.15, -0.1) is 0 Å². The van der Waals surface area contributed by atoms with Crippen LogP contribution in [0.4, 0.5) is 4.79 Å². The molecule has 0 bridgehead atoms. The number of amides is 2. The molecule has 0 aliphatic heterocycles. The molecule has 3 aromatic carbocycles. The minimum atomic E-state index is -0.527. The van der Waals surface area contributed by atoms with Crippen LogP contribution < -0.4 is 10.6 Å². The van der Waals surface area contributed by atoms with Gasteiger partial charge >= 0.3 is 12.0 Å². The van der Waals surface area contributed by atoms with Crippen LogP contribution >= 0.6 is 0 Å². The normalized spacial score (nSPS) is 13.4. The maximum Gasteiger partial charge on any atom is 0.315 e. The molecular weight excluding hydrogens is 400 g/mol. The van der Waals surface area contributed by atoms with Crippen molar-refractivity contribution in [3.8, 4) is 0 Å². The van der Waals surface area contributed by atoms with E-state index in [1.807, 2.05) is 97.9 Å². The molecule has 3 atom stereocenters. The van der Waals surface area contributed by atoms with E-state index in [9.17, 15) is 9.59 Å². The van der Waals surface area contributed by atoms with Crippen molar-refractivity contribution in [1.29, 1.82) is 0 Å². The summed E-state index contributed by atoms with van der Waals surface area (Å²) in [5.41, 5.74) is 3.06. The first-order chi connectivity index (χ1) is 15.6. The summed E-state index contributed by atoms with van der Waals surface area (Å²) in [6, 6.07) is 28.5. The Morgan fingerprint density at radius 1 is 0.750 bits per heavy atom. The first kappa shape index (κ1) is 23.1. The van der Waals surface area contributed by atoms with Gasteiger partial charge in [0.2, 0.25) is 0 Å². The molecule has 3 aromatic rings. The molecule has 0 radical (unpaired) electrons. The van der Waals surface area contributed by atoms with E-state index in [0.29, 0.717) is 12.8 Å². The van der Waals surface area contributed by atoms with Gasteiger partial charge in [0, 0.05) is 6.04 Å². The molecule has 0 fully saturated rings. The van der Waals surface area contributed by atoms with Crippen molar-refractivity contribution in [2.45, 2.75) is 31.8 Å². The molecule has 0 aliphatic carbocycles. The van der Waals surface area contributed by atoms with Crippen LogP contribution in [-0.4, -0.2) is 25.2 Å². The zero-order valence-corrected chi connectivity index (χ0v) is 18.5. The first-order valence-corrected chi connectivity index (χ1v) is 10.8. The van der Waals surface area contributed by atoms with Gasteiger partial charge in [0.1, 0.15) is 0 Å². The van der Waals surface area contributed by atoms with Crippen LogP contribution in [0.1, 0.15) is 29.7 Å². The van der Waals surface area contributed by atoms with E-state index in [1.54, 1.807) is 0 Å². The van der Waals surface area contributed by atoms with Crippen molar-refractivity contribution in [3.05, 3.63) is 108 Å². The summed E-state index contributed by atoms with van der Waals surface area (Å²) >= 11 is 0. The summed E-state index contributed by atoms with van der Waals surface area (Å²) in [5.74, 6) is -0.869. The molecule has 166 valence electrons. The molecule has 2 N–H and O–H groups in total. The molecule has 5 heteroatoms. The molecule has 0 unspecified atom stereocenters.